The SMILES string of the molecule is CCCCCCCCCCCc1cncnc1-c1ccccc1F. The average Bonchev–Trinajstić information content (AvgIpc) is 2.61. The Morgan fingerprint density at radius 3 is 2.25 bits per heavy atom. The third kappa shape index (κ3) is 6.03. The number of rotatable bonds is 11. The zero-order chi connectivity index (χ0) is 17.0. The van der Waals surface area contributed by atoms with Gasteiger partial charge in [0.05, 0.1) is 5.69 Å². The molecule has 0 fully saturated rings. The van der Waals surface area contributed by atoms with Crippen molar-refractivity contribution in [3.8, 4) is 11.3 Å². The van der Waals surface area contributed by atoms with Crippen LogP contribution in [-0.2, 0) is 6.42 Å². The Morgan fingerprint density at radius 1 is 0.875 bits per heavy atom. The van der Waals surface area contributed by atoms with Crippen molar-refractivity contribution in [3.63, 3.8) is 0 Å². The molecule has 0 atom stereocenters. The smallest absolute Gasteiger partial charge is 0.132 e. The van der Waals surface area contributed by atoms with Crippen LogP contribution in [0.4, 0.5) is 4.39 Å². The van der Waals surface area contributed by atoms with E-state index in [-0.39, 0.29) is 5.82 Å². The van der Waals surface area contributed by atoms with E-state index in [0.717, 1.165) is 24.1 Å². The summed E-state index contributed by atoms with van der Waals surface area (Å²) in [5, 5.41) is 0. The molecule has 3 heteroatoms. The molecule has 24 heavy (non-hydrogen) atoms. The van der Waals surface area contributed by atoms with Gasteiger partial charge in [-0.3, -0.25) is 0 Å². The number of aryl methyl sites for hydroxylation is 1. The lowest BCUT2D eigenvalue weighted by Crippen LogP contribution is -1.97. The van der Waals surface area contributed by atoms with Crippen molar-refractivity contribution >= 4 is 0 Å². The summed E-state index contributed by atoms with van der Waals surface area (Å²) < 4.78 is 14.0. The zero-order valence-electron chi connectivity index (χ0n) is 14.8. The van der Waals surface area contributed by atoms with Crippen LogP contribution < -0.4 is 0 Å². The first kappa shape index (κ1) is 18.6. The molecule has 0 aliphatic carbocycles. The number of halogens is 1. The maximum Gasteiger partial charge on any atom is 0.132 e. The van der Waals surface area contributed by atoms with E-state index in [4.69, 9.17) is 0 Å². The van der Waals surface area contributed by atoms with Crippen molar-refractivity contribution in [2.45, 2.75) is 71.1 Å². The van der Waals surface area contributed by atoms with Crippen molar-refractivity contribution in [2.24, 2.45) is 0 Å². The van der Waals surface area contributed by atoms with Gasteiger partial charge in [0.1, 0.15) is 12.1 Å². The van der Waals surface area contributed by atoms with Gasteiger partial charge in [-0.05, 0) is 30.5 Å². The minimum absolute atomic E-state index is 0.218. The minimum atomic E-state index is -0.218. The van der Waals surface area contributed by atoms with Crippen LogP contribution in [-0.4, -0.2) is 9.97 Å². The molecule has 2 aromatic rings. The highest BCUT2D eigenvalue weighted by Crippen LogP contribution is 2.24. The predicted octanol–water partition coefficient (Wildman–Crippen LogP) is 6.36. The summed E-state index contributed by atoms with van der Waals surface area (Å²) in [4.78, 5) is 8.44. The fraction of sp³-hybridized carbons (Fsp3) is 0.524. The molecule has 1 aromatic heterocycles. The summed E-state index contributed by atoms with van der Waals surface area (Å²) in [7, 11) is 0. The first-order chi connectivity index (χ1) is 11.8. The molecule has 0 saturated carbocycles. The number of hydrogen-bond acceptors (Lipinski definition) is 2. The summed E-state index contributed by atoms with van der Waals surface area (Å²) in [5.41, 5.74) is 2.36. The highest BCUT2D eigenvalue weighted by atomic mass is 19.1. The molecule has 0 aliphatic rings. The molecule has 2 nitrogen and oxygen atoms in total. The monoisotopic (exact) mass is 328 g/mol. The third-order valence-corrected chi connectivity index (χ3v) is 4.47. The fourth-order valence-electron chi connectivity index (χ4n) is 3.06. The summed E-state index contributed by atoms with van der Waals surface area (Å²) in [6, 6.07) is 6.83. The van der Waals surface area contributed by atoms with Gasteiger partial charge in [-0.25, -0.2) is 14.4 Å². The van der Waals surface area contributed by atoms with E-state index < -0.39 is 0 Å². The molecular weight excluding hydrogens is 299 g/mol. The summed E-state index contributed by atoms with van der Waals surface area (Å²) in [6.45, 7) is 2.25. The van der Waals surface area contributed by atoms with E-state index in [1.165, 1.54) is 63.8 Å². The molecule has 0 spiro atoms. The van der Waals surface area contributed by atoms with Crippen molar-refractivity contribution in [3.05, 3.63) is 48.2 Å². The molecule has 1 aromatic carbocycles. The summed E-state index contributed by atoms with van der Waals surface area (Å²) >= 11 is 0. The Labute approximate surface area is 145 Å². The topological polar surface area (TPSA) is 25.8 Å². The van der Waals surface area contributed by atoms with Crippen LogP contribution in [0.2, 0.25) is 0 Å². The molecule has 0 saturated heterocycles. The molecule has 0 N–H and O–H groups in total. The maximum atomic E-state index is 14.0. The first-order valence-electron chi connectivity index (χ1n) is 9.36. The fourth-order valence-corrected chi connectivity index (χ4v) is 3.06. The Morgan fingerprint density at radius 2 is 1.54 bits per heavy atom. The summed E-state index contributed by atoms with van der Waals surface area (Å²) in [6.07, 6.45) is 16.0. The molecule has 0 bridgehead atoms. The van der Waals surface area contributed by atoms with Crippen molar-refractivity contribution < 1.29 is 4.39 Å². The van der Waals surface area contributed by atoms with Crippen LogP contribution in [0.15, 0.2) is 36.8 Å². The second kappa shape index (κ2) is 10.9. The number of benzene rings is 1. The van der Waals surface area contributed by atoms with Gasteiger partial charge in [0.2, 0.25) is 0 Å². The van der Waals surface area contributed by atoms with E-state index >= 15 is 0 Å². The van der Waals surface area contributed by atoms with E-state index in [2.05, 4.69) is 16.9 Å². The van der Waals surface area contributed by atoms with E-state index in [0.29, 0.717) is 5.56 Å². The molecule has 0 unspecified atom stereocenters. The molecule has 2 rings (SSSR count). The van der Waals surface area contributed by atoms with Gasteiger partial charge in [0.15, 0.2) is 0 Å². The number of hydrogen-bond donors (Lipinski definition) is 0. The van der Waals surface area contributed by atoms with E-state index in [1.807, 2.05) is 12.3 Å². The normalized spacial score (nSPS) is 10.9. The second-order valence-corrected chi connectivity index (χ2v) is 6.45. The minimum Gasteiger partial charge on any atom is -0.244 e. The molecular formula is C21H29FN2. The van der Waals surface area contributed by atoms with Crippen LogP contribution in [0.5, 0.6) is 0 Å². The van der Waals surface area contributed by atoms with Crippen LogP contribution in [0.1, 0.15) is 70.3 Å². The van der Waals surface area contributed by atoms with E-state index in [1.54, 1.807) is 12.1 Å². The lowest BCUT2D eigenvalue weighted by Gasteiger charge is -2.09. The maximum absolute atomic E-state index is 14.0. The van der Waals surface area contributed by atoms with Crippen molar-refractivity contribution in [1.29, 1.82) is 0 Å². The Kier molecular flexibility index (Phi) is 8.43. The van der Waals surface area contributed by atoms with Crippen molar-refractivity contribution in [1.82, 2.24) is 9.97 Å². The molecule has 0 aliphatic heterocycles. The molecule has 1 heterocycles. The standard InChI is InChI=1S/C21H29FN2/c1-2-3-4-5-6-7-8-9-10-13-18-16-23-17-24-21(18)19-14-11-12-15-20(19)22/h11-12,14-17H,2-10,13H2,1H3. The molecule has 130 valence electrons. The van der Waals surface area contributed by atoms with Gasteiger partial charge < -0.3 is 0 Å². The largest absolute Gasteiger partial charge is 0.244 e. The highest BCUT2D eigenvalue weighted by Gasteiger charge is 2.10. The Hall–Kier alpha value is -1.77. The van der Waals surface area contributed by atoms with Gasteiger partial charge in [-0.1, -0.05) is 70.4 Å². The number of nitrogens with zero attached hydrogens (tertiary/aromatic N) is 2. The van der Waals surface area contributed by atoms with Gasteiger partial charge in [0.25, 0.3) is 0 Å². The van der Waals surface area contributed by atoms with Crippen molar-refractivity contribution in [2.75, 3.05) is 0 Å². The van der Waals surface area contributed by atoms with Crippen LogP contribution >= 0.6 is 0 Å². The first-order valence-corrected chi connectivity index (χ1v) is 9.36. The van der Waals surface area contributed by atoms with Gasteiger partial charge >= 0.3 is 0 Å². The van der Waals surface area contributed by atoms with Gasteiger partial charge in [-0.15, -0.1) is 0 Å². The number of unbranched alkanes of at least 4 members (excludes halogenated alkanes) is 8. The van der Waals surface area contributed by atoms with Crippen LogP contribution in [0, 0.1) is 5.82 Å². The second-order valence-electron chi connectivity index (χ2n) is 6.45. The predicted molar refractivity (Wildman–Crippen MR) is 98.4 cm³/mol. The Balaban J connectivity index is 1.77. The zero-order valence-corrected chi connectivity index (χ0v) is 14.8. The average molecular weight is 328 g/mol. The Bertz CT molecular complexity index is 598. The lowest BCUT2D eigenvalue weighted by molar-refractivity contribution is 0.564. The third-order valence-electron chi connectivity index (χ3n) is 4.47. The lowest BCUT2D eigenvalue weighted by atomic mass is 10.0. The quantitative estimate of drug-likeness (QED) is 0.449. The number of aromatic nitrogens is 2. The molecule has 0 radical (unpaired) electrons. The van der Waals surface area contributed by atoms with Gasteiger partial charge in [0, 0.05) is 11.8 Å². The van der Waals surface area contributed by atoms with Crippen LogP contribution in [0.3, 0.4) is 0 Å². The van der Waals surface area contributed by atoms with Crippen LogP contribution in [0.25, 0.3) is 11.3 Å². The summed E-state index contributed by atoms with van der Waals surface area (Å²) in [5.74, 6) is -0.218. The van der Waals surface area contributed by atoms with E-state index in [9.17, 15) is 4.39 Å². The molecule has 0 amide bonds. The van der Waals surface area contributed by atoms with Gasteiger partial charge in [-0.2, -0.15) is 0 Å². The highest BCUT2D eigenvalue weighted by molar-refractivity contribution is 5.63.